The SMILES string of the molecule is C=CCC(=O)NC1CCCN(C2CCCCCC2)C1. The first-order valence-electron chi connectivity index (χ1n) is 7.94. The zero-order valence-electron chi connectivity index (χ0n) is 12.1. The molecule has 0 bridgehead atoms. The van der Waals surface area contributed by atoms with Gasteiger partial charge in [-0.3, -0.25) is 9.69 Å². The third-order valence-corrected chi connectivity index (χ3v) is 4.49. The van der Waals surface area contributed by atoms with Crippen molar-refractivity contribution >= 4 is 5.91 Å². The maximum Gasteiger partial charge on any atom is 0.224 e. The van der Waals surface area contributed by atoms with Gasteiger partial charge in [-0.05, 0) is 32.2 Å². The number of carbonyl (C=O) groups excluding carboxylic acids is 1. The average Bonchev–Trinajstić information content (AvgIpc) is 2.68. The number of amides is 1. The molecule has 108 valence electrons. The van der Waals surface area contributed by atoms with Crippen molar-refractivity contribution in [3.05, 3.63) is 12.7 Å². The molecule has 0 aromatic rings. The van der Waals surface area contributed by atoms with Crippen LogP contribution in [0.15, 0.2) is 12.7 Å². The van der Waals surface area contributed by atoms with E-state index in [0.717, 1.165) is 19.0 Å². The van der Waals surface area contributed by atoms with Gasteiger partial charge < -0.3 is 5.32 Å². The van der Waals surface area contributed by atoms with Gasteiger partial charge in [0.2, 0.25) is 5.91 Å². The molecule has 0 aromatic carbocycles. The molecule has 1 heterocycles. The van der Waals surface area contributed by atoms with Crippen LogP contribution in [-0.4, -0.2) is 36.0 Å². The fraction of sp³-hybridized carbons (Fsp3) is 0.812. The molecule has 19 heavy (non-hydrogen) atoms. The monoisotopic (exact) mass is 264 g/mol. The van der Waals surface area contributed by atoms with Crippen molar-refractivity contribution in [3.8, 4) is 0 Å². The Hall–Kier alpha value is -0.830. The predicted molar refractivity (Wildman–Crippen MR) is 79.0 cm³/mol. The number of nitrogens with one attached hydrogen (secondary N) is 1. The zero-order valence-corrected chi connectivity index (χ0v) is 12.1. The first kappa shape index (κ1) is 14.6. The molecule has 2 aliphatic rings. The van der Waals surface area contributed by atoms with Crippen LogP contribution >= 0.6 is 0 Å². The number of likely N-dealkylation sites (tertiary alicyclic amines) is 1. The molecule has 1 saturated carbocycles. The molecule has 2 rings (SSSR count). The third-order valence-electron chi connectivity index (χ3n) is 4.49. The van der Waals surface area contributed by atoms with Gasteiger partial charge in [0, 0.05) is 25.0 Å². The molecule has 0 spiro atoms. The minimum absolute atomic E-state index is 0.128. The van der Waals surface area contributed by atoms with Crippen LogP contribution in [-0.2, 0) is 4.79 Å². The number of piperidine rings is 1. The Kier molecular flexibility index (Phi) is 5.90. The van der Waals surface area contributed by atoms with Crippen molar-refractivity contribution in [3.63, 3.8) is 0 Å². The van der Waals surface area contributed by atoms with E-state index in [1.807, 2.05) is 0 Å². The molecule has 3 nitrogen and oxygen atoms in total. The second-order valence-electron chi connectivity index (χ2n) is 6.04. The largest absolute Gasteiger partial charge is 0.352 e. The molecule has 1 N–H and O–H groups in total. The van der Waals surface area contributed by atoms with Gasteiger partial charge in [0.05, 0.1) is 0 Å². The standard InChI is InChI=1S/C16H28N2O/c1-2-8-16(19)17-14-9-7-12-18(13-14)15-10-5-3-4-6-11-15/h2,14-15H,1,3-13H2,(H,17,19). The van der Waals surface area contributed by atoms with E-state index in [4.69, 9.17) is 0 Å². The minimum Gasteiger partial charge on any atom is -0.352 e. The van der Waals surface area contributed by atoms with Crippen LogP contribution in [0, 0.1) is 0 Å². The Morgan fingerprint density at radius 3 is 2.58 bits per heavy atom. The van der Waals surface area contributed by atoms with Crippen molar-refractivity contribution in [2.45, 2.75) is 69.9 Å². The van der Waals surface area contributed by atoms with Crippen LogP contribution in [0.25, 0.3) is 0 Å². The Bertz CT molecular complexity index is 295. The van der Waals surface area contributed by atoms with Gasteiger partial charge in [-0.1, -0.05) is 31.8 Å². The van der Waals surface area contributed by atoms with Crippen molar-refractivity contribution in [1.29, 1.82) is 0 Å². The maximum atomic E-state index is 11.6. The zero-order chi connectivity index (χ0) is 13.5. The van der Waals surface area contributed by atoms with Crippen LogP contribution in [0.1, 0.15) is 57.8 Å². The molecule has 3 heteroatoms. The summed E-state index contributed by atoms with van der Waals surface area (Å²) in [4.78, 5) is 14.3. The highest BCUT2D eigenvalue weighted by Crippen LogP contribution is 2.24. The molecule has 1 saturated heterocycles. The van der Waals surface area contributed by atoms with Crippen molar-refractivity contribution < 1.29 is 4.79 Å². The number of hydrogen-bond acceptors (Lipinski definition) is 2. The van der Waals surface area contributed by atoms with Gasteiger partial charge in [-0.25, -0.2) is 0 Å². The minimum atomic E-state index is 0.128. The Morgan fingerprint density at radius 2 is 1.89 bits per heavy atom. The summed E-state index contributed by atoms with van der Waals surface area (Å²) in [7, 11) is 0. The van der Waals surface area contributed by atoms with E-state index in [1.165, 1.54) is 51.5 Å². The topological polar surface area (TPSA) is 32.3 Å². The summed E-state index contributed by atoms with van der Waals surface area (Å²) >= 11 is 0. The van der Waals surface area contributed by atoms with Crippen LogP contribution in [0.2, 0.25) is 0 Å². The smallest absolute Gasteiger partial charge is 0.224 e. The van der Waals surface area contributed by atoms with E-state index in [1.54, 1.807) is 6.08 Å². The van der Waals surface area contributed by atoms with E-state index in [-0.39, 0.29) is 5.91 Å². The second kappa shape index (κ2) is 7.68. The molecule has 1 atom stereocenters. The van der Waals surface area contributed by atoms with E-state index in [0.29, 0.717) is 12.5 Å². The first-order valence-corrected chi connectivity index (χ1v) is 7.94. The molecule has 2 fully saturated rings. The number of nitrogens with zero attached hydrogens (tertiary/aromatic N) is 1. The van der Waals surface area contributed by atoms with Crippen LogP contribution in [0.3, 0.4) is 0 Å². The Balaban J connectivity index is 1.82. The van der Waals surface area contributed by atoms with Crippen LogP contribution in [0.5, 0.6) is 0 Å². The van der Waals surface area contributed by atoms with Gasteiger partial charge in [0.15, 0.2) is 0 Å². The molecule has 0 radical (unpaired) electrons. The third kappa shape index (κ3) is 4.64. The second-order valence-corrected chi connectivity index (χ2v) is 6.04. The molecular weight excluding hydrogens is 236 g/mol. The quantitative estimate of drug-likeness (QED) is 0.625. The molecular formula is C16H28N2O. The number of rotatable bonds is 4. The van der Waals surface area contributed by atoms with Gasteiger partial charge >= 0.3 is 0 Å². The molecule has 1 unspecified atom stereocenters. The lowest BCUT2D eigenvalue weighted by molar-refractivity contribution is -0.121. The summed E-state index contributed by atoms with van der Waals surface area (Å²) in [6.07, 6.45) is 12.8. The molecule has 1 aliphatic heterocycles. The Labute approximate surface area is 117 Å². The molecule has 1 aliphatic carbocycles. The highest BCUT2D eigenvalue weighted by Gasteiger charge is 2.26. The van der Waals surface area contributed by atoms with Crippen molar-refractivity contribution in [2.24, 2.45) is 0 Å². The van der Waals surface area contributed by atoms with E-state index in [9.17, 15) is 4.79 Å². The van der Waals surface area contributed by atoms with Crippen LogP contribution in [0.4, 0.5) is 0 Å². The number of carbonyl (C=O) groups is 1. The average molecular weight is 264 g/mol. The fourth-order valence-electron chi connectivity index (χ4n) is 3.50. The van der Waals surface area contributed by atoms with Gasteiger partial charge in [-0.2, -0.15) is 0 Å². The summed E-state index contributed by atoms with van der Waals surface area (Å²) in [5.74, 6) is 0.128. The summed E-state index contributed by atoms with van der Waals surface area (Å²) in [5.41, 5.74) is 0. The highest BCUT2D eigenvalue weighted by molar-refractivity contribution is 5.77. The lowest BCUT2D eigenvalue weighted by atomic mass is 10.00. The normalized spacial score (nSPS) is 26.6. The van der Waals surface area contributed by atoms with E-state index < -0.39 is 0 Å². The molecule has 1 amide bonds. The van der Waals surface area contributed by atoms with Gasteiger partial charge in [-0.15, -0.1) is 6.58 Å². The lowest BCUT2D eigenvalue weighted by Crippen LogP contribution is -2.50. The van der Waals surface area contributed by atoms with E-state index in [2.05, 4.69) is 16.8 Å². The van der Waals surface area contributed by atoms with Crippen LogP contribution < -0.4 is 5.32 Å². The van der Waals surface area contributed by atoms with Crippen molar-refractivity contribution in [2.75, 3.05) is 13.1 Å². The highest BCUT2D eigenvalue weighted by atomic mass is 16.1. The first-order chi connectivity index (χ1) is 9.29. The van der Waals surface area contributed by atoms with Crippen molar-refractivity contribution in [1.82, 2.24) is 10.2 Å². The lowest BCUT2D eigenvalue weighted by Gasteiger charge is -2.38. The van der Waals surface area contributed by atoms with Gasteiger partial charge in [0.1, 0.15) is 0 Å². The summed E-state index contributed by atoms with van der Waals surface area (Å²) in [6.45, 7) is 5.89. The summed E-state index contributed by atoms with van der Waals surface area (Å²) in [6, 6.07) is 1.12. The summed E-state index contributed by atoms with van der Waals surface area (Å²) in [5, 5.41) is 3.15. The van der Waals surface area contributed by atoms with E-state index >= 15 is 0 Å². The Morgan fingerprint density at radius 1 is 1.16 bits per heavy atom. The number of hydrogen-bond donors (Lipinski definition) is 1. The maximum absolute atomic E-state index is 11.6. The molecule has 0 aromatic heterocycles. The summed E-state index contributed by atoms with van der Waals surface area (Å²) < 4.78 is 0. The predicted octanol–water partition coefficient (Wildman–Crippen LogP) is 2.87. The van der Waals surface area contributed by atoms with Gasteiger partial charge in [0.25, 0.3) is 0 Å². The fourth-order valence-corrected chi connectivity index (χ4v) is 3.50.